The summed E-state index contributed by atoms with van der Waals surface area (Å²) in [6.07, 6.45) is 3.70. The monoisotopic (exact) mass is 320 g/mol. The van der Waals surface area contributed by atoms with Crippen LogP contribution in [0.2, 0.25) is 0 Å². The first kappa shape index (κ1) is 14.4. The molecule has 3 N–H and O–H groups in total. The van der Waals surface area contributed by atoms with Crippen molar-refractivity contribution in [3.8, 4) is 0 Å². The first-order valence-corrected chi connectivity index (χ1v) is 7.86. The lowest BCUT2D eigenvalue weighted by Crippen LogP contribution is -2.27. The maximum atomic E-state index is 12.6. The number of aromatic nitrogens is 2. The summed E-state index contributed by atoms with van der Waals surface area (Å²) in [6.45, 7) is 0. The molecule has 0 aliphatic heterocycles. The van der Waals surface area contributed by atoms with Crippen LogP contribution in [0.3, 0.4) is 0 Å². The van der Waals surface area contributed by atoms with Gasteiger partial charge in [0.05, 0.1) is 28.5 Å². The van der Waals surface area contributed by atoms with Crippen LogP contribution in [0.5, 0.6) is 0 Å². The molecule has 1 heterocycles. The fraction of sp³-hybridized carbons (Fsp3) is 0.167. The standard InChI is InChI=1S/C18H16N4O2/c23-17(20-12-8-9-12)13-5-1-2-7-15(13)21-18(24)14-6-3-4-11-10-19-22-16(11)14/h1-7,10,12H,8-9H2,(H,19,22)(H,20,23)(H,21,24). The molecule has 24 heavy (non-hydrogen) atoms. The number of anilines is 1. The molecule has 6 heteroatoms. The Balaban J connectivity index is 1.62. The number of rotatable bonds is 4. The lowest BCUT2D eigenvalue weighted by atomic mass is 10.1. The van der Waals surface area contributed by atoms with Crippen LogP contribution in [0.25, 0.3) is 10.9 Å². The quantitative estimate of drug-likeness (QED) is 0.691. The van der Waals surface area contributed by atoms with Crippen LogP contribution in [0, 0.1) is 0 Å². The molecule has 120 valence electrons. The van der Waals surface area contributed by atoms with E-state index in [9.17, 15) is 9.59 Å². The number of nitrogens with one attached hydrogen (secondary N) is 3. The van der Waals surface area contributed by atoms with Gasteiger partial charge in [0.15, 0.2) is 0 Å². The lowest BCUT2D eigenvalue weighted by Gasteiger charge is -2.11. The van der Waals surface area contributed by atoms with Gasteiger partial charge >= 0.3 is 0 Å². The molecule has 1 aliphatic rings. The van der Waals surface area contributed by atoms with Crippen molar-refractivity contribution in [3.05, 3.63) is 59.8 Å². The molecule has 0 saturated heterocycles. The van der Waals surface area contributed by atoms with Crippen molar-refractivity contribution < 1.29 is 9.59 Å². The second-order valence-electron chi connectivity index (χ2n) is 5.89. The van der Waals surface area contributed by atoms with Gasteiger partial charge in [-0.2, -0.15) is 5.10 Å². The van der Waals surface area contributed by atoms with Gasteiger partial charge in [-0.05, 0) is 31.0 Å². The second kappa shape index (κ2) is 5.81. The third-order valence-corrected chi connectivity index (χ3v) is 4.05. The summed E-state index contributed by atoms with van der Waals surface area (Å²) in [6, 6.07) is 12.7. The van der Waals surface area contributed by atoms with Crippen LogP contribution >= 0.6 is 0 Å². The molecule has 1 fully saturated rings. The highest BCUT2D eigenvalue weighted by Gasteiger charge is 2.25. The molecular formula is C18H16N4O2. The Hall–Kier alpha value is -3.15. The van der Waals surface area contributed by atoms with Gasteiger partial charge in [-0.25, -0.2) is 0 Å². The number of hydrogen-bond donors (Lipinski definition) is 3. The highest BCUT2D eigenvalue weighted by Crippen LogP contribution is 2.23. The van der Waals surface area contributed by atoms with Crippen LogP contribution in [0.1, 0.15) is 33.6 Å². The van der Waals surface area contributed by atoms with E-state index in [4.69, 9.17) is 0 Å². The van der Waals surface area contributed by atoms with E-state index < -0.39 is 0 Å². The van der Waals surface area contributed by atoms with Crippen LogP contribution in [0.4, 0.5) is 5.69 Å². The number of carbonyl (C=O) groups excluding carboxylic acids is 2. The lowest BCUT2D eigenvalue weighted by molar-refractivity contribution is 0.0952. The van der Waals surface area contributed by atoms with Crippen molar-refractivity contribution in [2.24, 2.45) is 0 Å². The molecule has 0 unspecified atom stereocenters. The zero-order valence-electron chi connectivity index (χ0n) is 12.9. The van der Waals surface area contributed by atoms with Gasteiger partial charge in [0.25, 0.3) is 11.8 Å². The number of amides is 2. The maximum absolute atomic E-state index is 12.6. The number of carbonyl (C=O) groups is 2. The smallest absolute Gasteiger partial charge is 0.257 e. The Kier molecular flexibility index (Phi) is 3.49. The first-order chi connectivity index (χ1) is 11.7. The highest BCUT2D eigenvalue weighted by molar-refractivity contribution is 6.14. The summed E-state index contributed by atoms with van der Waals surface area (Å²) >= 11 is 0. The van der Waals surface area contributed by atoms with Gasteiger partial charge in [-0.1, -0.05) is 24.3 Å². The fourth-order valence-corrected chi connectivity index (χ4v) is 2.63. The van der Waals surface area contributed by atoms with Crippen molar-refractivity contribution >= 4 is 28.4 Å². The SMILES string of the molecule is O=C(NC1CC1)c1ccccc1NC(=O)c1cccc2cn[nH]c12. The Morgan fingerprint density at radius 3 is 2.62 bits per heavy atom. The number of hydrogen-bond acceptors (Lipinski definition) is 3. The van der Waals surface area contributed by atoms with E-state index in [-0.39, 0.29) is 17.9 Å². The Labute approximate surface area is 138 Å². The summed E-state index contributed by atoms with van der Waals surface area (Å²) in [5, 5.41) is 13.4. The molecule has 1 aromatic heterocycles. The van der Waals surface area contributed by atoms with E-state index in [0.717, 1.165) is 18.2 Å². The number of H-pyrrole nitrogens is 1. The number of nitrogens with zero attached hydrogens (tertiary/aromatic N) is 1. The predicted octanol–water partition coefficient (Wildman–Crippen LogP) is 2.71. The summed E-state index contributed by atoms with van der Waals surface area (Å²) in [5.74, 6) is -0.440. The molecule has 4 rings (SSSR count). The van der Waals surface area contributed by atoms with Crippen LogP contribution in [-0.2, 0) is 0 Å². The zero-order valence-corrected chi connectivity index (χ0v) is 12.9. The Morgan fingerprint density at radius 2 is 1.79 bits per heavy atom. The Morgan fingerprint density at radius 1 is 1.00 bits per heavy atom. The van der Waals surface area contributed by atoms with Crippen LogP contribution in [-0.4, -0.2) is 28.1 Å². The van der Waals surface area contributed by atoms with E-state index in [1.165, 1.54) is 0 Å². The minimum atomic E-state index is -0.281. The van der Waals surface area contributed by atoms with Crippen molar-refractivity contribution in [1.82, 2.24) is 15.5 Å². The predicted molar refractivity (Wildman–Crippen MR) is 91.0 cm³/mol. The summed E-state index contributed by atoms with van der Waals surface area (Å²) in [4.78, 5) is 25.0. The van der Waals surface area contributed by atoms with Crippen molar-refractivity contribution in [1.29, 1.82) is 0 Å². The number of para-hydroxylation sites is 2. The average molecular weight is 320 g/mol. The topological polar surface area (TPSA) is 86.9 Å². The summed E-state index contributed by atoms with van der Waals surface area (Å²) < 4.78 is 0. The number of aromatic amines is 1. The molecule has 2 amide bonds. The first-order valence-electron chi connectivity index (χ1n) is 7.86. The molecule has 0 atom stereocenters. The summed E-state index contributed by atoms with van der Waals surface area (Å²) in [5.41, 5.74) is 2.13. The number of benzene rings is 2. The normalized spacial score (nSPS) is 13.7. The second-order valence-corrected chi connectivity index (χ2v) is 5.89. The van der Waals surface area contributed by atoms with E-state index in [1.807, 2.05) is 6.07 Å². The van der Waals surface area contributed by atoms with E-state index in [1.54, 1.807) is 42.6 Å². The van der Waals surface area contributed by atoms with E-state index in [2.05, 4.69) is 20.8 Å². The zero-order chi connectivity index (χ0) is 16.5. The van der Waals surface area contributed by atoms with Crippen molar-refractivity contribution in [2.75, 3.05) is 5.32 Å². The van der Waals surface area contributed by atoms with E-state index >= 15 is 0 Å². The molecule has 0 bridgehead atoms. The molecule has 0 spiro atoms. The molecular weight excluding hydrogens is 304 g/mol. The third kappa shape index (κ3) is 2.74. The minimum absolute atomic E-state index is 0.159. The van der Waals surface area contributed by atoms with Gasteiger partial charge in [0.2, 0.25) is 0 Å². The van der Waals surface area contributed by atoms with Gasteiger partial charge in [-0.3, -0.25) is 14.7 Å². The maximum Gasteiger partial charge on any atom is 0.257 e. The Bertz CT molecular complexity index is 927. The molecule has 1 saturated carbocycles. The molecule has 3 aromatic rings. The molecule has 6 nitrogen and oxygen atoms in total. The van der Waals surface area contributed by atoms with Crippen LogP contribution in [0.15, 0.2) is 48.7 Å². The average Bonchev–Trinajstić information content (AvgIpc) is 3.27. The largest absolute Gasteiger partial charge is 0.349 e. The minimum Gasteiger partial charge on any atom is -0.349 e. The number of fused-ring (bicyclic) bond motifs is 1. The van der Waals surface area contributed by atoms with Crippen molar-refractivity contribution in [3.63, 3.8) is 0 Å². The molecule has 1 aliphatic carbocycles. The molecule has 2 aromatic carbocycles. The summed E-state index contributed by atoms with van der Waals surface area (Å²) in [7, 11) is 0. The van der Waals surface area contributed by atoms with Crippen molar-refractivity contribution in [2.45, 2.75) is 18.9 Å². The van der Waals surface area contributed by atoms with Gasteiger partial charge < -0.3 is 10.6 Å². The fourth-order valence-electron chi connectivity index (χ4n) is 2.63. The van der Waals surface area contributed by atoms with Gasteiger partial charge in [0, 0.05) is 11.4 Å². The highest BCUT2D eigenvalue weighted by atomic mass is 16.2. The van der Waals surface area contributed by atoms with Gasteiger partial charge in [-0.15, -0.1) is 0 Å². The van der Waals surface area contributed by atoms with Gasteiger partial charge in [0.1, 0.15) is 0 Å². The molecule has 0 radical (unpaired) electrons. The van der Waals surface area contributed by atoms with E-state index in [0.29, 0.717) is 22.3 Å². The van der Waals surface area contributed by atoms with Crippen LogP contribution < -0.4 is 10.6 Å². The third-order valence-electron chi connectivity index (χ3n) is 4.05.